The van der Waals surface area contributed by atoms with Gasteiger partial charge in [0.1, 0.15) is 11.2 Å². The number of benzene rings is 9. The van der Waals surface area contributed by atoms with Crippen LogP contribution in [0.5, 0.6) is 0 Å². The van der Waals surface area contributed by atoms with Crippen molar-refractivity contribution in [3.05, 3.63) is 181 Å². The van der Waals surface area contributed by atoms with E-state index in [1.807, 2.05) is 6.07 Å². The molecule has 0 saturated heterocycles. The van der Waals surface area contributed by atoms with Crippen LogP contribution in [-0.2, 0) is 5.41 Å². The summed E-state index contributed by atoms with van der Waals surface area (Å²) in [5.74, 6) is 0. The predicted octanol–water partition coefficient (Wildman–Crippen LogP) is 14.4. The Morgan fingerprint density at radius 2 is 0.942 bits per heavy atom. The molecule has 244 valence electrons. The van der Waals surface area contributed by atoms with Crippen molar-refractivity contribution in [2.24, 2.45) is 0 Å². The number of fused-ring (bicyclic) bond motifs is 10. The van der Waals surface area contributed by atoms with E-state index in [4.69, 9.17) is 4.42 Å². The summed E-state index contributed by atoms with van der Waals surface area (Å²) in [5, 5.41) is 9.96. The van der Waals surface area contributed by atoms with E-state index in [1.165, 1.54) is 98.7 Å². The lowest BCUT2D eigenvalue weighted by molar-refractivity contribution is 0.661. The summed E-state index contributed by atoms with van der Waals surface area (Å²) in [6.45, 7) is 4.73. The summed E-state index contributed by atoms with van der Waals surface area (Å²) in [4.78, 5) is 0. The third-order valence-electron chi connectivity index (χ3n) is 11.6. The van der Waals surface area contributed by atoms with Gasteiger partial charge in [-0.25, -0.2) is 0 Å². The second-order valence-electron chi connectivity index (χ2n) is 14.8. The van der Waals surface area contributed by atoms with Gasteiger partial charge in [0.25, 0.3) is 0 Å². The molecule has 1 heterocycles. The highest BCUT2D eigenvalue weighted by Crippen LogP contribution is 2.52. The molecule has 0 spiro atoms. The standard InChI is InChI=1S/C51H34O/c1-51(2)44-25-23-33(28-42(44)43-30-41-34(29-45(43)51)24-26-47-50(41)40-21-10-11-22-46(40)52-47)32-15-12-16-35(27-32)49-38-19-8-6-17-36(38)48(31-13-4-3-5-14-31)37-18-7-9-20-39(37)49/h3-30H,1-2H3. The third kappa shape index (κ3) is 4.11. The molecule has 1 heteroatoms. The molecule has 0 unspecified atom stereocenters. The maximum Gasteiger partial charge on any atom is 0.136 e. The Labute approximate surface area is 302 Å². The zero-order chi connectivity index (χ0) is 34.6. The first-order chi connectivity index (χ1) is 25.5. The minimum Gasteiger partial charge on any atom is -0.456 e. The van der Waals surface area contributed by atoms with Gasteiger partial charge in [0.05, 0.1) is 0 Å². The molecule has 1 aromatic heterocycles. The van der Waals surface area contributed by atoms with Gasteiger partial charge in [0.2, 0.25) is 0 Å². The first-order valence-corrected chi connectivity index (χ1v) is 18.2. The highest BCUT2D eigenvalue weighted by Gasteiger charge is 2.36. The molecule has 11 rings (SSSR count). The van der Waals surface area contributed by atoms with Crippen LogP contribution in [0.2, 0.25) is 0 Å². The van der Waals surface area contributed by atoms with E-state index >= 15 is 0 Å². The van der Waals surface area contributed by atoms with Crippen LogP contribution >= 0.6 is 0 Å². The molecule has 1 nitrogen and oxygen atoms in total. The lowest BCUT2D eigenvalue weighted by Crippen LogP contribution is -2.14. The molecule has 1 aliphatic rings. The van der Waals surface area contributed by atoms with E-state index in [-0.39, 0.29) is 5.41 Å². The fraction of sp³-hybridized carbons (Fsp3) is 0.0588. The van der Waals surface area contributed by atoms with E-state index < -0.39 is 0 Å². The van der Waals surface area contributed by atoms with E-state index in [9.17, 15) is 0 Å². The van der Waals surface area contributed by atoms with Crippen LogP contribution < -0.4 is 0 Å². The average Bonchev–Trinajstić information content (AvgIpc) is 3.68. The van der Waals surface area contributed by atoms with Crippen LogP contribution in [0.25, 0.3) is 98.8 Å². The first kappa shape index (κ1) is 29.3. The molecule has 0 N–H and O–H groups in total. The van der Waals surface area contributed by atoms with Crippen LogP contribution in [0.3, 0.4) is 0 Å². The second kappa shape index (κ2) is 10.8. The fourth-order valence-electron chi connectivity index (χ4n) is 9.18. The third-order valence-corrected chi connectivity index (χ3v) is 11.6. The van der Waals surface area contributed by atoms with Crippen LogP contribution in [-0.4, -0.2) is 0 Å². The van der Waals surface area contributed by atoms with E-state index in [2.05, 4.69) is 178 Å². The summed E-state index contributed by atoms with van der Waals surface area (Å²) in [7, 11) is 0. The van der Waals surface area contributed by atoms with E-state index in [0.29, 0.717) is 0 Å². The summed E-state index contributed by atoms with van der Waals surface area (Å²) in [6.07, 6.45) is 0. The van der Waals surface area contributed by atoms with Gasteiger partial charge in [-0.1, -0.05) is 147 Å². The van der Waals surface area contributed by atoms with E-state index in [1.54, 1.807) is 0 Å². The van der Waals surface area contributed by atoms with Crippen molar-refractivity contribution in [1.82, 2.24) is 0 Å². The summed E-state index contributed by atoms with van der Waals surface area (Å²) in [6, 6.07) is 62.5. The van der Waals surface area contributed by atoms with Crippen LogP contribution in [0, 0.1) is 0 Å². The molecular formula is C51H34O. The molecule has 9 aromatic carbocycles. The summed E-state index contributed by atoms with van der Waals surface area (Å²) < 4.78 is 6.30. The van der Waals surface area contributed by atoms with Crippen molar-refractivity contribution in [3.8, 4) is 44.5 Å². The number of furan rings is 1. The maximum atomic E-state index is 6.30. The minimum absolute atomic E-state index is 0.106. The van der Waals surface area contributed by atoms with Gasteiger partial charge >= 0.3 is 0 Å². The van der Waals surface area contributed by atoms with Gasteiger partial charge in [-0.2, -0.15) is 0 Å². The molecule has 0 bridgehead atoms. The smallest absolute Gasteiger partial charge is 0.136 e. The average molecular weight is 663 g/mol. The van der Waals surface area contributed by atoms with E-state index in [0.717, 1.165) is 11.2 Å². The Bertz CT molecular complexity index is 3030. The Hall–Kier alpha value is -6.44. The molecule has 0 saturated carbocycles. The predicted molar refractivity (Wildman–Crippen MR) is 220 cm³/mol. The van der Waals surface area contributed by atoms with Crippen molar-refractivity contribution in [1.29, 1.82) is 0 Å². The first-order valence-electron chi connectivity index (χ1n) is 18.2. The Morgan fingerprint density at radius 3 is 1.67 bits per heavy atom. The Balaban J connectivity index is 1.11. The van der Waals surface area contributed by atoms with Gasteiger partial charge in [-0.3, -0.25) is 0 Å². The van der Waals surface area contributed by atoms with Crippen molar-refractivity contribution in [2.45, 2.75) is 19.3 Å². The maximum absolute atomic E-state index is 6.30. The molecule has 0 atom stereocenters. The van der Waals surface area contributed by atoms with Gasteiger partial charge in [-0.15, -0.1) is 0 Å². The van der Waals surface area contributed by atoms with Crippen LogP contribution in [0.4, 0.5) is 0 Å². The van der Waals surface area contributed by atoms with Crippen molar-refractivity contribution >= 4 is 54.3 Å². The highest BCUT2D eigenvalue weighted by molar-refractivity contribution is 6.22. The van der Waals surface area contributed by atoms with Crippen molar-refractivity contribution in [3.63, 3.8) is 0 Å². The van der Waals surface area contributed by atoms with Crippen molar-refractivity contribution in [2.75, 3.05) is 0 Å². The minimum atomic E-state index is -0.106. The SMILES string of the molecule is CC1(C)c2ccc(-c3cccc(-c4c5ccccc5c(-c5ccccc5)c5ccccc45)c3)cc2-c2cc3c(ccc4oc5ccccc5c43)cc21. The monoisotopic (exact) mass is 662 g/mol. The Kier molecular flexibility index (Phi) is 6.08. The summed E-state index contributed by atoms with van der Waals surface area (Å²) >= 11 is 0. The largest absolute Gasteiger partial charge is 0.456 e. The second-order valence-corrected chi connectivity index (χ2v) is 14.8. The zero-order valence-corrected chi connectivity index (χ0v) is 29.1. The summed E-state index contributed by atoms with van der Waals surface area (Å²) in [5.41, 5.74) is 14.6. The molecule has 0 amide bonds. The van der Waals surface area contributed by atoms with Crippen LogP contribution in [0.1, 0.15) is 25.0 Å². The normalized spacial score (nSPS) is 13.3. The lowest BCUT2D eigenvalue weighted by Gasteiger charge is -2.22. The number of para-hydroxylation sites is 1. The molecular weight excluding hydrogens is 629 g/mol. The van der Waals surface area contributed by atoms with Crippen molar-refractivity contribution < 1.29 is 4.42 Å². The fourth-order valence-corrected chi connectivity index (χ4v) is 9.18. The van der Waals surface area contributed by atoms with Gasteiger partial charge < -0.3 is 4.42 Å². The van der Waals surface area contributed by atoms with Gasteiger partial charge in [0, 0.05) is 16.2 Å². The van der Waals surface area contributed by atoms with Gasteiger partial charge in [0.15, 0.2) is 0 Å². The Morgan fingerprint density at radius 1 is 0.365 bits per heavy atom. The van der Waals surface area contributed by atoms with Gasteiger partial charge in [-0.05, 0) is 124 Å². The molecule has 52 heavy (non-hydrogen) atoms. The molecule has 1 aliphatic carbocycles. The topological polar surface area (TPSA) is 13.1 Å². The van der Waals surface area contributed by atoms with Crippen LogP contribution in [0.15, 0.2) is 174 Å². The lowest BCUT2D eigenvalue weighted by atomic mass is 9.81. The highest BCUT2D eigenvalue weighted by atomic mass is 16.3. The molecule has 10 aromatic rings. The number of hydrogen-bond acceptors (Lipinski definition) is 1. The quantitative estimate of drug-likeness (QED) is 0.172. The molecule has 0 radical (unpaired) electrons. The molecule has 0 aliphatic heterocycles. The number of rotatable bonds is 3. The zero-order valence-electron chi connectivity index (χ0n) is 29.1. The molecule has 0 fully saturated rings. The number of hydrogen-bond donors (Lipinski definition) is 0.